The second-order valence-electron chi connectivity index (χ2n) is 7.51. The molecule has 3 unspecified atom stereocenters. The van der Waals surface area contributed by atoms with Gasteiger partial charge in [0.25, 0.3) is 0 Å². The minimum absolute atomic E-state index is 0.0889. The zero-order valence-corrected chi connectivity index (χ0v) is 14.0. The van der Waals surface area contributed by atoms with E-state index in [0.717, 1.165) is 25.1 Å². The quantitative estimate of drug-likeness (QED) is 0.791. The molecule has 1 saturated carbocycles. The Hall–Kier alpha value is -1.64. The van der Waals surface area contributed by atoms with Gasteiger partial charge in [-0.1, -0.05) is 31.6 Å². The molecule has 2 heterocycles. The van der Waals surface area contributed by atoms with Gasteiger partial charge in [0.1, 0.15) is 0 Å². The van der Waals surface area contributed by atoms with E-state index in [1.165, 1.54) is 5.57 Å². The summed E-state index contributed by atoms with van der Waals surface area (Å²) >= 11 is 0. The Morgan fingerprint density at radius 1 is 1.36 bits per heavy atom. The zero-order chi connectivity index (χ0) is 15.9. The van der Waals surface area contributed by atoms with Crippen molar-refractivity contribution in [1.29, 1.82) is 0 Å². The number of hydrogen-bond donors (Lipinski definition) is 0. The van der Waals surface area contributed by atoms with Crippen molar-refractivity contribution in [3.05, 3.63) is 41.7 Å². The van der Waals surface area contributed by atoms with Gasteiger partial charge in [-0.2, -0.15) is 0 Å². The maximum Gasteiger partial charge on any atom is 0.227 e. The van der Waals surface area contributed by atoms with E-state index in [2.05, 4.69) is 43.7 Å². The molecule has 1 aromatic heterocycles. The summed E-state index contributed by atoms with van der Waals surface area (Å²) in [4.78, 5) is 19.6. The van der Waals surface area contributed by atoms with Crippen LogP contribution in [0.1, 0.15) is 52.3 Å². The molecule has 3 nitrogen and oxygen atoms in total. The minimum atomic E-state index is 0.0889. The Morgan fingerprint density at radius 2 is 2.14 bits per heavy atom. The van der Waals surface area contributed by atoms with Crippen molar-refractivity contribution < 1.29 is 4.79 Å². The van der Waals surface area contributed by atoms with Gasteiger partial charge in [-0.15, -0.1) is 0 Å². The van der Waals surface area contributed by atoms with Gasteiger partial charge in [-0.3, -0.25) is 9.78 Å². The zero-order valence-electron chi connectivity index (χ0n) is 14.0. The largest absolute Gasteiger partial charge is 0.334 e. The van der Waals surface area contributed by atoms with Crippen LogP contribution in [-0.4, -0.2) is 22.3 Å². The topological polar surface area (TPSA) is 33.2 Å². The van der Waals surface area contributed by atoms with Gasteiger partial charge in [-0.05, 0) is 50.2 Å². The third-order valence-electron chi connectivity index (χ3n) is 5.25. The predicted octanol–water partition coefficient (Wildman–Crippen LogP) is 3.98. The predicted molar refractivity (Wildman–Crippen MR) is 88.1 cm³/mol. The van der Waals surface area contributed by atoms with Crippen molar-refractivity contribution in [2.45, 2.75) is 46.6 Å². The van der Waals surface area contributed by atoms with Gasteiger partial charge >= 0.3 is 0 Å². The molecule has 1 aliphatic heterocycles. The number of carbonyl (C=O) groups is 1. The highest BCUT2D eigenvalue weighted by molar-refractivity contribution is 5.84. The molecule has 3 rings (SSSR count). The molecule has 0 spiro atoms. The van der Waals surface area contributed by atoms with Crippen LogP contribution >= 0.6 is 0 Å². The van der Waals surface area contributed by atoms with Crippen LogP contribution in [0.15, 0.2) is 36.0 Å². The molecule has 2 aliphatic rings. The third-order valence-corrected chi connectivity index (χ3v) is 5.25. The van der Waals surface area contributed by atoms with E-state index in [4.69, 9.17) is 0 Å². The fourth-order valence-corrected chi connectivity index (χ4v) is 3.91. The number of aromatic nitrogens is 1. The summed E-state index contributed by atoms with van der Waals surface area (Å²) in [5.74, 6) is 0.836. The molecular weight excluding hydrogens is 272 g/mol. The number of carbonyl (C=O) groups excluding carboxylic acids is 1. The van der Waals surface area contributed by atoms with Crippen molar-refractivity contribution in [2.75, 3.05) is 6.54 Å². The van der Waals surface area contributed by atoms with Crippen LogP contribution in [0, 0.1) is 17.3 Å². The summed E-state index contributed by atoms with van der Waals surface area (Å²) in [6, 6.07) is 6.15. The van der Waals surface area contributed by atoms with Gasteiger partial charge in [0.05, 0.1) is 17.7 Å². The smallest absolute Gasteiger partial charge is 0.227 e. The maximum atomic E-state index is 13.1. The Balaban J connectivity index is 1.79. The van der Waals surface area contributed by atoms with Crippen LogP contribution < -0.4 is 0 Å². The Kier molecular flexibility index (Phi) is 3.84. The van der Waals surface area contributed by atoms with E-state index in [-0.39, 0.29) is 17.4 Å². The summed E-state index contributed by atoms with van der Waals surface area (Å²) < 4.78 is 0. The average Bonchev–Trinajstić information content (AvgIpc) is 2.86. The lowest BCUT2D eigenvalue weighted by Gasteiger charge is -2.25. The van der Waals surface area contributed by atoms with Crippen molar-refractivity contribution >= 4 is 5.91 Å². The van der Waals surface area contributed by atoms with Crippen molar-refractivity contribution in [3.63, 3.8) is 0 Å². The molecule has 22 heavy (non-hydrogen) atoms. The fourth-order valence-electron chi connectivity index (χ4n) is 3.91. The normalized spacial score (nSPS) is 29.3. The molecular formula is C19H26N2O. The molecule has 0 aromatic carbocycles. The lowest BCUT2D eigenvalue weighted by molar-refractivity contribution is -0.134. The summed E-state index contributed by atoms with van der Waals surface area (Å²) in [6.45, 7) is 9.52. The number of nitrogens with zero attached hydrogens (tertiary/aromatic N) is 2. The number of likely N-dealkylation sites (tertiary alicyclic amines) is 1. The highest BCUT2D eigenvalue weighted by Crippen LogP contribution is 2.60. The number of rotatable bonds is 3. The number of pyridine rings is 1. The number of allylic oxidation sites excluding steroid dienone is 2. The van der Waals surface area contributed by atoms with Crippen LogP contribution in [-0.2, 0) is 4.79 Å². The second-order valence-corrected chi connectivity index (χ2v) is 7.51. The Bertz CT molecular complexity index is 587. The standard InChI is InChI=1S/C19H26N2O/c1-13(2)12-14-17(19(14,3)4)18(22)21-11-7-9-16(21)15-8-5-6-10-20-15/h5-6,8,10,12,14,16-17H,7,9,11H2,1-4H3. The number of hydrogen-bond acceptors (Lipinski definition) is 2. The summed E-state index contributed by atoms with van der Waals surface area (Å²) in [6.07, 6.45) is 6.20. The molecule has 1 amide bonds. The molecule has 0 bridgehead atoms. The molecule has 3 atom stereocenters. The van der Waals surface area contributed by atoms with Gasteiger partial charge in [0.2, 0.25) is 5.91 Å². The first kappa shape index (κ1) is 15.3. The van der Waals surface area contributed by atoms with Crippen molar-refractivity contribution in [1.82, 2.24) is 9.88 Å². The van der Waals surface area contributed by atoms with Gasteiger partial charge in [0, 0.05) is 12.7 Å². The Labute approximate surface area is 133 Å². The first-order chi connectivity index (χ1) is 10.4. The van der Waals surface area contributed by atoms with Crippen molar-refractivity contribution in [2.24, 2.45) is 17.3 Å². The highest BCUT2D eigenvalue weighted by atomic mass is 16.2. The van der Waals surface area contributed by atoms with E-state index >= 15 is 0 Å². The third kappa shape index (κ3) is 2.57. The first-order valence-electron chi connectivity index (χ1n) is 8.29. The van der Waals surface area contributed by atoms with E-state index in [1.807, 2.05) is 24.4 Å². The second kappa shape index (κ2) is 5.53. The van der Waals surface area contributed by atoms with Crippen LogP contribution in [0.5, 0.6) is 0 Å². The SMILES string of the molecule is CC(C)=CC1C(C(=O)N2CCCC2c2ccccn2)C1(C)C. The summed E-state index contributed by atoms with van der Waals surface area (Å²) in [5, 5.41) is 0. The molecule has 1 aromatic rings. The van der Waals surface area contributed by atoms with Crippen LogP contribution in [0.25, 0.3) is 0 Å². The average molecular weight is 298 g/mol. The van der Waals surface area contributed by atoms with E-state index in [0.29, 0.717) is 11.8 Å². The van der Waals surface area contributed by atoms with E-state index in [1.54, 1.807) is 0 Å². The Morgan fingerprint density at radius 3 is 2.77 bits per heavy atom. The minimum Gasteiger partial charge on any atom is -0.334 e. The van der Waals surface area contributed by atoms with Crippen molar-refractivity contribution in [3.8, 4) is 0 Å². The molecule has 3 heteroatoms. The van der Waals surface area contributed by atoms with Crippen LogP contribution in [0.3, 0.4) is 0 Å². The lowest BCUT2D eigenvalue weighted by atomic mass is 10.1. The highest BCUT2D eigenvalue weighted by Gasteiger charge is 2.61. The van der Waals surface area contributed by atoms with Gasteiger partial charge in [0.15, 0.2) is 0 Å². The summed E-state index contributed by atoms with van der Waals surface area (Å²) in [5.41, 5.74) is 2.42. The molecule has 1 saturated heterocycles. The molecule has 0 radical (unpaired) electrons. The van der Waals surface area contributed by atoms with E-state index < -0.39 is 0 Å². The molecule has 2 fully saturated rings. The van der Waals surface area contributed by atoms with Crippen LogP contribution in [0.2, 0.25) is 0 Å². The van der Waals surface area contributed by atoms with Gasteiger partial charge < -0.3 is 4.90 Å². The molecule has 0 N–H and O–H groups in total. The van der Waals surface area contributed by atoms with E-state index in [9.17, 15) is 4.79 Å². The fraction of sp³-hybridized carbons (Fsp3) is 0.579. The molecule has 1 aliphatic carbocycles. The summed E-state index contributed by atoms with van der Waals surface area (Å²) in [7, 11) is 0. The molecule has 118 valence electrons. The number of amides is 1. The lowest BCUT2D eigenvalue weighted by Crippen LogP contribution is -2.33. The van der Waals surface area contributed by atoms with Crippen LogP contribution in [0.4, 0.5) is 0 Å². The van der Waals surface area contributed by atoms with Gasteiger partial charge in [-0.25, -0.2) is 0 Å². The maximum absolute atomic E-state index is 13.1. The first-order valence-corrected chi connectivity index (χ1v) is 8.29. The monoisotopic (exact) mass is 298 g/mol.